The molecule has 106 valence electrons. The van der Waals surface area contributed by atoms with Gasteiger partial charge in [-0.05, 0) is 38.1 Å². The summed E-state index contributed by atoms with van der Waals surface area (Å²) >= 11 is 0. The van der Waals surface area contributed by atoms with Gasteiger partial charge in [0.25, 0.3) is 0 Å². The summed E-state index contributed by atoms with van der Waals surface area (Å²) in [6.07, 6.45) is 8.17. The molecular weight excluding hydrogens is 226 g/mol. The van der Waals surface area contributed by atoms with E-state index in [2.05, 4.69) is 19.2 Å². The topological polar surface area (TPSA) is 30.5 Å². The van der Waals surface area contributed by atoms with Crippen molar-refractivity contribution in [3.05, 3.63) is 0 Å². The van der Waals surface area contributed by atoms with Gasteiger partial charge in [0.05, 0.1) is 18.8 Å². The highest BCUT2D eigenvalue weighted by molar-refractivity contribution is 4.82. The van der Waals surface area contributed by atoms with Crippen LogP contribution in [-0.2, 0) is 9.47 Å². The Morgan fingerprint density at radius 3 is 2.94 bits per heavy atom. The van der Waals surface area contributed by atoms with Crippen molar-refractivity contribution in [1.29, 1.82) is 0 Å². The van der Waals surface area contributed by atoms with Gasteiger partial charge in [-0.2, -0.15) is 0 Å². The molecule has 0 aromatic rings. The van der Waals surface area contributed by atoms with Gasteiger partial charge >= 0.3 is 0 Å². The van der Waals surface area contributed by atoms with Crippen molar-refractivity contribution in [3.63, 3.8) is 0 Å². The van der Waals surface area contributed by atoms with Crippen molar-refractivity contribution in [2.75, 3.05) is 19.8 Å². The fourth-order valence-corrected chi connectivity index (χ4v) is 3.16. The van der Waals surface area contributed by atoms with Crippen LogP contribution < -0.4 is 5.32 Å². The Morgan fingerprint density at radius 1 is 1.28 bits per heavy atom. The molecule has 1 aliphatic carbocycles. The second-order valence-corrected chi connectivity index (χ2v) is 5.99. The maximum absolute atomic E-state index is 6.32. The quantitative estimate of drug-likeness (QED) is 0.819. The summed E-state index contributed by atoms with van der Waals surface area (Å²) in [4.78, 5) is 0. The van der Waals surface area contributed by atoms with E-state index in [1.807, 2.05) is 0 Å². The Kier molecular flexibility index (Phi) is 5.93. The zero-order valence-corrected chi connectivity index (χ0v) is 12.0. The average Bonchev–Trinajstić information content (AvgIpc) is 2.38. The van der Waals surface area contributed by atoms with Crippen LogP contribution in [0.15, 0.2) is 0 Å². The second-order valence-electron chi connectivity index (χ2n) is 5.99. The number of rotatable bonds is 5. The van der Waals surface area contributed by atoms with Crippen LogP contribution in [0.25, 0.3) is 0 Å². The molecule has 1 heterocycles. The van der Waals surface area contributed by atoms with E-state index in [4.69, 9.17) is 9.47 Å². The molecule has 1 saturated heterocycles. The highest BCUT2D eigenvalue weighted by Crippen LogP contribution is 2.27. The average molecular weight is 255 g/mol. The van der Waals surface area contributed by atoms with Crippen LogP contribution in [0.5, 0.6) is 0 Å². The smallest absolute Gasteiger partial charge is 0.0965 e. The molecule has 4 atom stereocenters. The van der Waals surface area contributed by atoms with Crippen LogP contribution in [-0.4, -0.2) is 38.0 Å². The lowest BCUT2D eigenvalue weighted by Crippen LogP contribution is -2.49. The number of nitrogens with one attached hydrogen (secondary N) is 1. The first kappa shape index (κ1) is 14.3. The Labute approximate surface area is 112 Å². The van der Waals surface area contributed by atoms with E-state index in [0.717, 1.165) is 32.1 Å². The molecule has 0 radical (unpaired) electrons. The van der Waals surface area contributed by atoms with Crippen LogP contribution in [0.3, 0.4) is 0 Å². The highest BCUT2D eigenvalue weighted by atomic mass is 16.5. The lowest BCUT2D eigenvalue weighted by atomic mass is 9.88. The Bertz CT molecular complexity index is 235. The zero-order valence-electron chi connectivity index (χ0n) is 12.0. The van der Waals surface area contributed by atoms with Gasteiger partial charge in [0.1, 0.15) is 0 Å². The molecule has 0 aromatic heterocycles. The van der Waals surface area contributed by atoms with Crippen LogP contribution in [0, 0.1) is 5.92 Å². The molecule has 1 aliphatic heterocycles. The minimum Gasteiger partial charge on any atom is -0.379 e. The minimum atomic E-state index is 0.264. The molecular formula is C15H29NO2. The van der Waals surface area contributed by atoms with Crippen LogP contribution in [0.4, 0.5) is 0 Å². The van der Waals surface area contributed by atoms with E-state index in [0.29, 0.717) is 12.1 Å². The first-order chi connectivity index (χ1) is 8.79. The number of ether oxygens (including phenoxy) is 2. The molecule has 1 saturated carbocycles. The SMILES string of the molecule is CCCNC1CCOCC1OC1CCCC(C)C1. The van der Waals surface area contributed by atoms with Gasteiger partial charge < -0.3 is 14.8 Å². The maximum atomic E-state index is 6.32. The van der Waals surface area contributed by atoms with E-state index < -0.39 is 0 Å². The lowest BCUT2D eigenvalue weighted by Gasteiger charge is -2.37. The fourth-order valence-electron chi connectivity index (χ4n) is 3.16. The molecule has 2 aliphatic rings. The molecule has 1 N–H and O–H groups in total. The van der Waals surface area contributed by atoms with Gasteiger partial charge in [0.15, 0.2) is 0 Å². The first-order valence-corrected chi connectivity index (χ1v) is 7.76. The van der Waals surface area contributed by atoms with Gasteiger partial charge in [-0.25, -0.2) is 0 Å². The normalized spacial score (nSPS) is 37.7. The van der Waals surface area contributed by atoms with E-state index >= 15 is 0 Å². The third-order valence-corrected chi connectivity index (χ3v) is 4.22. The Morgan fingerprint density at radius 2 is 2.17 bits per heavy atom. The number of hydrogen-bond donors (Lipinski definition) is 1. The van der Waals surface area contributed by atoms with Crippen molar-refractivity contribution in [2.45, 2.75) is 70.6 Å². The van der Waals surface area contributed by atoms with Gasteiger partial charge in [0, 0.05) is 12.6 Å². The van der Waals surface area contributed by atoms with Crippen LogP contribution in [0.1, 0.15) is 52.4 Å². The molecule has 2 fully saturated rings. The molecule has 0 spiro atoms. The van der Waals surface area contributed by atoms with Crippen molar-refractivity contribution in [2.24, 2.45) is 5.92 Å². The third kappa shape index (κ3) is 4.22. The molecule has 0 amide bonds. The van der Waals surface area contributed by atoms with E-state index in [-0.39, 0.29) is 6.10 Å². The minimum absolute atomic E-state index is 0.264. The van der Waals surface area contributed by atoms with Gasteiger partial charge in [-0.15, -0.1) is 0 Å². The molecule has 0 bridgehead atoms. The molecule has 3 heteroatoms. The Balaban J connectivity index is 1.80. The molecule has 0 aromatic carbocycles. The summed E-state index contributed by atoms with van der Waals surface area (Å²) in [5, 5.41) is 3.62. The maximum Gasteiger partial charge on any atom is 0.0965 e. The van der Waals surface area contributed by atoms with E-state index in [1.54, 1.807) is 0 Å². The molecule has 18 heavy (non-hydrogen) atoms. The van der Waals surface area contributed by atoms with E-state index in [1.165, 1.54) is 32.1 Å². The summed E-state index contributed by atoms with van der Waals surface area (Å²) < 4.78 is 11.9. The summed E-state index contributed by atoms with van der Waals surface area (Å²) in [6, 6.07) is 0.496. The predicted molar refractivity (Wildman–Crippen MR) is 73.8 cm³/mol. The van der Waals surface area contributed by atoms with Crippen molar-refractivity contribution in [3.8, 4) is 0 Å². The molecule has 3 nitrogen and oxygen atoms in total. The molecule has 4 unspecified atom stereocenters. The van der Waals surface area contributed by atoms with Gasteiger partial charge in [-0.3, -0.25) is 0 Å². The zero-order chi connectivity index (χ0) is 12.8. The second kappa shape index (κ2) is 7.46. The predicted octanol–water partition coefficient (Wildman–Crippen LogP) is 2.74. The standard InChI is InChI=1S/C15H29NO2/c1-3-8-16-14-7-9-17-11-15(14)18-13-6-4-5-12(2)10-13/h12-16H,3-11H2,1-2H3. The van der Waals surface area contributed by atoms with Crippen molar-refractivity contribution in [1.82, 2.24) is 5.32 Å². The van der Waals surface area contributed by atoms with Gasteiger partial charge in [0.2, 0.25) is 0 Å². The Hall–Kier alpha value is -0.120. The lowest BCUT2D eigenvalue weighted by molar-refractivity contribution is -0.112. The third-order valence-electron chi connectivity index (χ3n) is 4.22. The van der Waals surface area contributed by atoms with Crippen LogP contribution in [0.2, 0.25) is 0 Å². The summed E-state index contributed by atoms with van der Waals surface area (Å²) in [6.45, 7) is 7.30. The van der Waals surface area contributed by atoms with E-state index in [9.17, 15) is 0 Å². The van der Waals surface area contributed by atoms with Crippen LogP contribution >= 0.6 is 0 Å². The summed E-state index contributed by atoms with van der Waals surface area (Å²) in [7, 11) is 0. The summed E-state index contributed by atoms with van der Waals surface area (Å²) in [5.41, 5.74) is 0. The van der Waals surface area contributed by atoms with Crippen molar-refractivity contribution >= 4 is 0 Å². The summed E-state index contributed by atoms with van der Waals surface area (Å²) in [5.74, 6) is 0.829. The molecule has 2 rings (SSSR count). The monoisotopic (exact) mass is 255 g/mol. The fraction of sp³-hybridized carbons (Fsp3) is 1.00. The number of hydrogen-bond acceptors (Lipinski definition) is 3. The highest BCUT2D eigenvalue weighted by Gasteiger charge is 2.30. The largest absolute Gasteiger partial charge is 0.379 e. The van der Waals surface area contributed by atoms with Crippen molar-refractivity contribution < 1.29 is 9.47 Å². The first-order valence-electron chi connectivity index (χ1n) is 7.76. The van der Waals surface area contributed by atoms with Gasteiger partial charge in [-0.1, -0.05) is 26.7 Å².